The average molecular weight is 506 g/mol. The Balaban J connectivity index is 1.27. The van der Waals surface area contributed by atoms with E-state index in [9.17, 15) is 13.2 Å². The van der Waals surface area contributed by atoms with Crippen LogP contribution in [-0.4, -0.2) is 61.6 Å². The highest BCUT2D eigenvalue weighted by Crippen LogP contribution is 2.31. The number of amides is 1. The summed E-state index contributed by atoms with van der Waals surface area (Å²) in [5, 5.41) is 8.87. The van der Waals surface area contributed by atoms with Crippen molar-refractivity contribution >= 4 is 27.4 Å². The summed E-state index contributed by atoms with van der Waals surface area (Å²) in [7, 11) is -3.62. The van der Waals surface area contributed by atoms with E-state index in [4.69, 9.17) is 0 Å². The molecule has 3 heterocycles. The number of sulfonamides is 1. The van der Waals surface area contributed by atoms with Crippen molar-refractivity contribution in [2.24, 2.45) is 0 Å². The lowest BCUT2D eigenvalue weighted by Gasteiger charge is -2.35. The van der Waals surface area contributed by atoms with E-state index in [2.05, 4.69) is 47.1 Å². The summed E-state index contributed by atoms with van der Waals surface area (Å²) < 4.78 is 28.3. The fourth-order valence-electron chi connectivity index (χ4n) is 5.11. The topological polar surface area (TPSA) is 86.7 Å². The first-order valence-electron chi connectivity index (χ1n) is 12.3. The summed E-state index contributed by atoms with van der Waals surface area (Å²) in [4.78, 5) is 16.0. The fraction of sp³-hybridized carbons (Fsp3) is 0.370. The number of hydrogen-bond acceptors (Lipinski definition) is 6. The fourth-order valence-corrected chi connectivity index (χ4v) is 6.58. The smallest absolute Gasteiger partial charge is 0.243 e. The molecule has 9 heteroatoms. The predicted octanol–water partition coefficient (Wildman–Crippen LogP) is 3.57. The molecular formula is C27H31N5O3S. The van der Waals surface area contributed by atoms with Crippen LogP contribution in [0.5, 0.6) is 0 Å². The quantitative estimate of drug-likeness (QED) is 0.539. The van der Waals surface area contributed by atoms with Crippen molar-refractivity contribution < 1.29 is 13.2 Å². The van der Waals surface area contributed by atoms with E-state index in [-0.39, 0.29) is 10.8 Å². The van der Waals surface area contributed by atoms with Crippen LogP contribution in [0, 0.1) is 13.8 Å². The summed E-state index contributed by atoms with van der Waals surface area (Å²) in [5.74, 6) is 0.728. The molecule has 3 aromatic rings. The van der Waals surface area contributed by atoms with Gasteiger partial charge in [-0.1, -0.05) is 23.8 Å². The Morgan fingerprint density at radius 3 is 2.33 bits per heavy atom. The SMILES string of the molecule is CC(=O)N1CCCc2cc(S(=O)(=O)N3CCN(c4ccc(-c5ccc(C)cc5C)nn4)CC3)ccc21. The van der Waals surface area contributed by atoms with Gasteiger partial charge in [0.2, 0.25) is 15.9 Å². The largest absolute Gasteiger partial charge is 0.352 e. The van der Waals surface area contributed by atoms with Crippen LogP contribution in [0.15, 0.2) is 53.4 Å². The standard InChI is InChI=1S/C27H31N5O3S/c1-19-6-8-24(20(2)17-19)25-9-11-27(29-28-25)30-13-15-31(16-14-30)36(34,35)23-7-10-26-22(18-23)5-4-12-32(26)21(3)33/h6-11,17-18H,4-5,12-16H2,1-3H3. The van der Waals surface area contributed by atoms with E-state index in [1.165, 1.54) is 9.87 Å². The van der Waals surface area contributed by atoms with E-state index in [1.807, 2.05) is 12.1 Å². The Bertz CT molecular complexity index is 1400. The molecular weight excluding hydrogens is 474 g/mol. The molecule has 1 fully saturated rings. The molecule has 36 heavy (non-hydrogen) atoms. The minimum atomic E-state index is -3.62. The molecule has 8 nitrogen and oxygen atoms in total. The van der Waals surface area contributed by atoms with Crippen molar-refractivity contribution in [1.82, 2.24) is 14.5 Å². The summed E-state index contributed by atoms with van der Waals surface area (Å²) in [6, 6.07) is 15.3. The third-order valence-electron chi connectivity index (χ3n) is 7.06. The third-order valence-corrected chi connectivity index (χ3v) is 8.95. The van der Waals surface area contributed by atoms with Crippen molar-refractivity contribution in [3.63, 3.8) is 0 Å². The summed E-state index contributed by atoms with van der Waals surface area (Å²) >= 11 is 0. The van der Waals surface area contributed by atoms with Gasteiger partial charge in [0, 0.05) is 50.9 Å². The molecule has 5 rings (SSSR count). The van der Waals surface area contributed by atoms with Crippen LogP contribution in [-0.2, 0) is 21.2 Å². The summed E-state index contributed by atoms with van der Waals surface area (Å²) in [6.07, 6.45) is 1.60. The maximum atomic E-state index is 13.4. The highest BCUT2D eigenvalue weighted by Gasteiger charge is 2.30. The van der Waals surface area contributed by atoms with Crippen LogP contribution >= 0.6 is 0 Å². The Hall–Kier alpha value is -3.30. The van der Waals surface area contributed by atoms with Crippen LogP contribution in [0.3, 0.4) is 0 Å². The number of nitrogens with zero attached hydrogens (tertiary/aromatic N) is 5. The first-order chi connectivity index (χ1) is 17.2. The molecule has 188 valence electrons. The summed E-state index contributed by atoms with van der Waals surface area (Å²) in [6.45, 7) is 8.18. The number of aromatic nitrogens is 2. The number of anilines is 2. The Labute approximate surface area is 212 Å². The van der Waals surface area contributed by atoms with Gasteiger partial charge >= 0.3 is 0 Å². The Morgan fingerprint density at radius 1 is 0.889 bits per heavy atom. The highest BCUT2D eigenvalue weighted by atomic mass is 32.2. The highest BCUT2D eigenvalue weighted by molar-refractivity contribution is 7.89. The van der Waals surface area contributed by atoms with Crippen molar-refractivity contribution in [3.8, 4) is 11.3 Å². The van der Waals surface area contributed by atoms with Gasteiger partial charge < -0.3 is 9.80 Å². The lowest BCUT2D eigenvalue weighted by Crippen LogP contribution is -2.49. The minimum absolute atomic E-state index is 0.0205. The number of hydrogen-bond donors (Lipinski definition) is 0. The second-order valence-corrected chi connectivity index (χ2v) is 11.5. The normalized spacial score (nSPS) is 16.6. The zero-order chi connectivity index (χ0) is 25.4. The van der Waals surface area contributed by atoms with Gasteiger partial charge in [0.25, 0.3) is 0 Å². The maximum absolute atomic E-state index is 13.4. The van der Waals surface area contributed by atoms with E-state index >= 15 is 0 Å². The molecule has 0 saturated carbocycles. The van der Waals surface area contributed by atoms with Crippen LogP contribution in [0.1, 0.15) is 30.0 Å². The van der Waals surface area contributed by atoms with E-state index in [1.54, 1.807) is 30.0 Å². The molecule has 2 aliphatic heterocycles. The Kier molecular flexibility index (Phi) is 6.53. The zero-order valence-electron chi connectivity index (χ0n) is 20.9. The van der Waals surface area contributed by atoms with Gasteiger partial charge in [0.1, 0.15) is 0 Å². The first kappa shape index (κ1) is 24.4. The number of benzene rings is 2. The third kappa shape index (κ3) is 4.60. The van der Waals surface area contributed by atoms with E-state index < -0.39 is 10.0 Å². The number of carbonyl (C=O) groups excluding carboxylic acids is 1. The van der Waals surface area contributed by atoms with Crippen molar-refractivity contribution in [2.45, 2.75) is 38.5 Å². The van der Waals surface area contributed by atoms with Crippen LogP contribution in [0.25, 0.3) is 11.3 Å². The van der Waals surface area contributed by atoms with Gasteiger partial charge in [0.05, 0.1) is 10.6 Å². The number of piperazine rings is 1. The Morgan fingerprint density at radius 2 is 1.67 bits per heavy atom. The average Bonchev–Trinajstić information content (AvgIpc) is 2.88. The lowest BCUT2D eigenvalue weighted by molar-refractivity contribution is -0.116. The van der Waals surface area contributed by atoms with Crippen LogP contribution in [0.4, 0.5) is 11.5 Å². The molecule has 0 unspecified atom stereocenters. The van der Waals surface area contributed by atoms with Crippen LogP contribution in [0.2, 0.25) is 0 Å². The first-order valence-corrected chi connectivity index (χ1v) is 13.8. The van der Waals surface area contributed by atoms with Crippen molar-refractivity contribution in [3.05, 3.63) is 65.2 Å². The van der Waals surface area contributed by atoms with Gasteiger partial charge in [-0.15, -0.1) is 10.2 Å². The van der Waals surface area contributed by atoms with Gasteiger partial charge in [-0.05, 0) is 68.1 Å². The van der Waals surface area contributed by atoms with Gasteiger partial charge in [-0.3, -0.25) is 4.79 Å². The number of aryl methyl sites for hydroxylation is 3. The second-order valence-electron chi connectivity index (χ2n) is 9.55. The molecule has 0 atom stereocenters. The number of rotatable bonds is 4. The van der Waals surface area contributed by atoms with E-state index in [0.29, 0.717) is 32.7 Å². The number of carbonyl (C=O) groups is 1. The zero-order valence-corrected chi connectivity index (χ0v) is 21.8. The maximum Gasteiger partial charge on any atom is 0.243 e. The lowest BCUT2D eigenvalue weighted by atomic mass is 10.0. The molecule has 1 saturated heterocycles. The van der Waals surface area contributed by atoms with E-state index in [0.717, 1.165) is 46.7 Å². The summed E-state index contributed by atoms with van der Waals surface area (Å²) in [5.41, 5.74) is 5.99. The molecule has 0 radical (unpaired) electrons. The molecule has 0 N–H and O–H groups in total. The molecule has 0 spiro atoms. The molecule has 2 aliphatic rings. The van der Waals surface area contributed by atoms with Gasteiger partial charge in [-0.25, -0.2) is 8.42 Å². The molecule has 0 aliphatic carbocycles. The molecule has 1 aromatic heterocycles. The predicted molar refractivity (Wildman–Crippen MR) is 141 cm³/mol. The van der Waals surface area contributed by atoms with Crippen LogP contribution < -0.4 is 9.80 Å². The molecule has 1 amide bonds. The minimum Gasteiger partial charge on any atom is -0.352 e. The van der Waals surface area contributed by atoms with Gasteiger partial charge in [0.15, 0.2) is 5.82 Å². The van der Waals surface area contributed by atoms with Crippen molar-refractivity contribution in [2.75, 3.05) is 42.5 Å². The number of fused-ring (bicyclic) bond motifs is 1. The van der Waals surface area contributed by atoms with Gasteiger partial charge in [-0.2, -0.15) is 4.31 Å². The second kappa shape index (κ2) is 9.63. The van der Waals surface area contributed by atoms with Crippen molar-refractivity contribution in [1.29, 1.82) is 0 Å². The monoisotopic (exact) mass is 505 g/mol. The molecule has 2 aromatic carbocycles. The molecule has 0 bridgehead atoms.